The van der Waals surface area contributed by atoms with E-state index in [1.165, 1.54) is 17.0 Å². The van der Waals surface area contributed by atoms with Crippen molar-refractivity contribution in [2.24, 2.45) is 5.92 Å². The quantitative estimate of drug-likeness (QED) is 0.724. The summed E-state index contributed by atoms with van der Waals surface area (Å²) in [6, 6.07) is 15.7. The summed E-state index contributed by atoms with van der Waals surface area (Å²) in [5.41, 5.74) is 1.83. The molecule has 156 valence electrons. The maximum absolute atomic E-state index is 12.3. The van der Waals surface area contributed by atoms with E-state index in [1.54, 1.807) is 12.1 Å². The van der Waals surface area contributed by atoms with Crippen LogP contribution in [0.5, 0.6) is 0 Å². The lowest BCUT2D eigenvalue weighted by molar-refractivity contribution is -0.000415. The van der Waals surface area contributed by atoms with Gasteiger partial charge in [-0.2, -0.15) is 8.42 Å². The lowest BCUT2D eigenvalue weighted by Gasteiger charge is -2.34. The average molecular weight is 419 g/mol. The maximum Gasteiger partial charge on any atom is 0.410 e. The molecule has 2 atom stereocenters. The Bertz CT molecular complexity index is 914. The zero-order chi connectivity index (χ0) is 20.9. The van der Waals surface area contributed by atoms with E-state index in [0.29, 0.717) is 13.0 Å². The van der Waals surface area contributed by atoms with Crippen molar-refractivity contribution in [3.63, 3.8) is 0 Å². The zero-order valence-electron chi connectivity index (χ0n) is 16.2. The van der Waals surface area contributed by atoms with E-state index in [-0.39, 0.29) is 30.6 Å². The number of likely N-dealkylation sites (tertiary alicyclic amines) is 1. The van der Waals surface area contributed by atoms with E-state index >= 15 is 0 Å². The molecule has 1 aliphatic heterocycles. The molecule has 2 aromatic rings. The molecule has 0 unspecified atom stereocenters. The normalized spacial score (nSPS) is 19.7. The Morgan fingerprint density at radius 3 is 2.48 bits per heavy atom. The van der Waals surface area contributed by atoms with Gasteiger partial charge < -0.3 is 14.7 Å². The summed E-state index contributed by atoms with van der Waals surface area (Å²) in [5, 5.41) is 10.4. The van der Waals surface area contributed by atoms with Crippen molar-refractivity contribution < 1.29 is 27.2 Å². The minimum absolute atomic E-state index is 0.0756. The van der Waals surface area contributed by atoms with Gasteiger partial charge in [0.1, 0.15) is 6.61 Å². The Morgan fingerprint density at radius 2 is 1.83 bits per heavy atom. The van der Waals surface area contributed by atoms with Gasteiger partial charge in [-0.25, -0.2) is 4.79 Å². The summed E-state index contributed by atoms with van der Waals surface area (Å²) in [6.07, 6.45) is -0.967. The third-order valence-electron chi connectivity index (χ3n) is 4.93. The van der Waals surface area contributed by atoms with E-state index in [2.05, 4.69) is 0 Å². The second kappa shape index (κ2) is 9.39. The van der Waals surface area contributed by atoms with Crippen LogP contribution in [-0.2, 0) is 25.6 Å². The number of carbonyl (C=O) groups excluding carboxylic acids is 1. The summed E-state index contributed by atoms with van der Waals surface area (Å²) in [4.78, 5) is 13.7. The van der Waals surface area contributed by atoms with Crippen LogP contribution in [0.2, 0.25) is 0 Å². The first-order chi connectivity index (χ1) is 13.8. The van der Waals surface area contributed by atoms with Crippen molar-refractivity contribution in [3.8, 4) is 0 Å². The molecule has 1 saturated heterocycles. The SMILES string of the molecule is Cc1ccc(S(=O)(=O)OC[C@H]2CCN(C(=O)OCc3ccccc3)C[C@H]2O)cc1. The topological polar surface area (TPSA) is 93.1 Å². The first kappa shape index (κ1) is 21.3. The van der Waals surface area contributed by atoms with Crippen molar-refractivity contribution in [1.29, 1.82) is 0 Å². The summed E-state index contributed by atoms with van der Waals surface area (Å²) in [7, 11) is -3.89. The van der Waals surface area contributed by atoms with Crippen LogP contribution in [0.3, 0.4) is 0 Å². The summed E-state index contributed by atoms with van der Waals surface area (Å²) < 4.78 is 35.0. The van der Waals surface area contributed by atoms with Crippen molar-refractivity contribution in [1.82, 2.24) is 4.90 Å². The van der Waals surface area contributed by atoms with Gasteiger partial charge in [0.2, 0.25) is 0 Å². The number of piperidine rings is 1. The van der Waals surface area contributed by atoms with Crippen LogP contribution >= 0.6 is 0 Å². The zero-order valence-corrected chi connectivity index (χ0v) is 17.0. The molecule has 0 saturated carbocycles. The van der Waals surface area contributed by atoms with Gasteiger partial charge in [-0.3, -0.25) is 4.18 Å². The van der Waals surface area contributed by atoms with E-state index in [0.717, 1.165) is 11.1 Å². The lowest BCUT2D eigenvalue weighted by atomic mass is 9.95. The molecular weight excluding hydrogens is 394 g/mol. The Kier molecular flexibility index (Phi) is 6.89. The molecule has 7 nitrogen and oxygen atoms in total. The third kappa shape index (κ3) is 5.79. The van der Waals surface area contributed by atoms with Crippen LogP contribution in [0.15, 0.2) is 59.5 Å². The number of nitrogens with zero attached hydrogens (tertiary/aromatic N) is 1. The third-order valence-corrected chi connectivity index (χ3v) is 6.23. The van der Waals surface area contributed by atoms with E-state index in [9.17, 15) is 18.3 Å². The highest BCUT2D eigenvalue weighted by Crippen LogP contribution is 2.22. The number of rotatable bonds is 6. The van der Waals surface area contributed by atoms with Crippen molar-refractivity contribution in [2.75, 3.05) is 19.7 Å². The molecule has 0 bridgehead atoms. The molecule has 3 rings (SSSR count). The standard InChI is InChI=1S/C21H25NO6S/c1-16-7-9-19(10-8-16)29(25,26)28-15-18-11-12-22(13-20(18)23)21(24)27-14-17-5-3-2-4-6-17/h2-10,18,20,23H,11-15H2,1H3/t18-,20-/m1/s1. The number of β-amino-alcohol motifs (C(OH)–C–C–N with tert-alkyl or cyclic N) is 1. The Balaban J connectivity index is 1.48. The van der Waals surface area contributed by atoms with Crippen LogP contribution in [0.4, 0.5) is 4.79 Å². The molecule has 29 heavy (non-hydrogen) atoms. The molecule has 1 amide bonds. The van der Waals surface area contributed by atoms with Gasteiger partial charge in [0.05, 0.1) is 24.2 Å². The fourth-order valence-corrected chi connectivity index (χ4v) is 4.06. The molecule has 0 aliphatic carbocycles. The fraction of sp³-hybridized carbons (Fsp3) is 0.381. The van der Waals surface area contributed by atoms with Gasteiger partial charge in [0.15, 0.2) is 0 Å². The smallest absolute Gasteiger partial charge is 0.410 e. The number of amides is 1. The first-order valence-corrected chi connectivity index (χ1v) is 10.9. The molecule has 0 aromatic heterocycles. The Labute approximate surface area is 171 Å². The number of aliphatic hydroxyl groups is 1. The number of aliphatic hydroxyl groups excluding tert-OH is 1. The Hall–Kier alpha value is -2.42. The van der Waals surface area contributed by atoms with E-state index < -0.39 is 22.3 Å². The number of ether oxygens (including phenoxy) is 1. The van der Waals surface area contributed by atoms with Crippen LogP contribution in [0, 0.1) is 12.8 Å². The number of aryl methyl sites for hydroxylation is 1. The fourth-order valence-electron chi connectivity index (χ4n) is 3.10. The monoisotopic (exact) mass is 419 g/mol. The average Bonchev–Trinajstić information content (AvgIpc) is 2.72. The van der Waals surface area contributed by atoms with Crippen LogP contribution < -0.4 is 0 Å². The van der Waals surface area contributed by atoms with Gasteiger partial charge >= 0.3 is 6.09 Å². The molecule has 1 N–H and O–H groups in total. The highest BCUT2D eigenvalue weighted by atomic mass is 32.2. The summed E-state index contributed by atoms with van der Waals surface area (Å²) in [6.45, 7) is 2.33. The molecule has 0 radical (unpaired) electrons. The van der Waals surface area contributed by atoms with E-state index in [1.807, 2.05) is 37.3 Å². The largest absolute Gasteiger partial charge is 0.445 e. The number of hydrogen-bond donors (Lipinski definition) is 1. The second-order valence-corrected chi connectivity index (χ2v) is 8.77. The summed E-state index contributed by atoms with van der Waals surface area (Å²) >= 11 is 0. The van der Waals surface area contributed by atoms with Gasteiger partial charge in [0, 0.05) is 12.5 Å². The molecular formula is C21H25NO6S. The van der Waals surface area contributed by atoms with Crippen LogP contribution in [0.25, 0.3) is 0 Å². The molecule has 1 aliphatic rings. The number of benzene rings is 2. The molecule has 2 aromatic carbocycles. The van der Waals surface area contributed by atoms with Gasteiger partial charge in [-0.1, -0.05) is 48.0 Å². The lowest BCUT2D eigenvalue weighted by Crippen LogP contribution is -2.48. The van der Waals surface area contributed by atoms with Crippen molar-refractivity contribution in [3.05, 3.63) is 65.7 Å². The maximum atomic E-state index is 12.3. The highest BCUT2D eigenvalue weighted by Gasteiger charge is 2.32. The van der Waals surface area contributed by atoms with Gasteiger partial charge in [0.25, 0.3) is 10.1 Å². The summed E-state index contributed by atoms with van der Waals surface area (Å²) in [5.74, 6) is -0.381. The van der Waals surface area contributed by atoms with Crippen LogP contribution in [0.1, 0.15) is 17.5 Å². The number of carbonyl (C=O) groups is 1. The second-order valence-electron chi connectivity index (χ2n) is 7.15. The minimum Gasteiger partial charge on any atom is -0.445 e. The molecule has 8 heteroatoms. The molecule has 1 heterocycles. The molecule has 1 fully saturated rings. The van der Waals surface area contributed by atoms with Crippen molar-refractivity contribution >= 4 is 16.2 Å². The van der Waals surface area contributed by atoms with E-state index in [4.69, 9.17) is 8.92 Å². The van der Waals surface area contributed by atoms with Gasteiger partial charge in [-0.15, -0.1) is 0 Å². The predicted octanol–water partition coefficient (Wildman–Crippen LogP) is 2.72. The minimum atomic E-state index is -3.89. The first-order valence-electron chi connectivity index (χ1n) is 9.45. The van der Waals surface area contributed by atoms with Crippen LogP contribution in [-0.4, -0.2) is 50.3 Å². The molecule has 0 spiro atoms. The van der Waals surface area contributed by atoms with Crippen molar-refractivity contribution in [2.45, 2.75) is 31.0 Å². The predicted molar refractivity (Wildman–Crippen MR) is 107 cm³/mol. The Morgan fingerprint density at radius 1 is 1.14 bits per heavy atom. The number of hydrogen-bond acceptors (Lipinski definition) is 6. The highest BCUT2D eigenvalue weighted by molar-refractivity contribution is 7.86. The van der Waals surface area contributed by atoms with Gasteiger partial charge in [-0.05, 0) is 31.0 Å².